The van der Waals surface area contributed by atoms with Crippen LogP contribution in [0.5, 0.6) is 0 Å². The molecule has 5 nitrogen and oxygen atoms in total. The van der Waals surface area contributed by atoms with Crippen molar-refractivity contribution in [1.29, 1.82) is 0 Å². The topological polar surface area (TPSA) is 78.4 Å². The van der Waals surface area contributed by atoms with Crippen LogP contribution >= 0.6 is 0 Å². The molecule has 3 N–H and O–H groups in total. The number of amides is 2. The van der Waals surface area contributed by atoms with Crippen LogP contribution in [-0.4, -0.2) is 23.1 Å². The second-order valence-electron chi connectivity index (χ2n) is 4.72. The van der Waals surface area contributed by atoms with Crippen LogP contribution in [0.15, 0.2) is 18.2 Å². The maximum Gasteiger partial charge on any atom is 0.326 e. The summed E-state index contributed by atoms with van der Waals surface area (Å²) in [5, 5.41) is 13.6. The number of carboxylic acids is 1. The van der Waals surface area contributed by atoms with Gasteiger partial charge in [-0.2, -0.15) is 0 Å². The number of hydrogen-bond donors (Lipinski definition) is 3. The van der Waals surface area contributed by atoms with E-state index in [1.54, 1.807) is 0 Å². The number of rotatable bonds is 5. The highest BCUT2D eigenvalue weighted by Gasteiger charge is 2.37. The van der Waals surface area contributed by atoms with E-state index < -0.39 is 29.7 Å². The van der Waals surface area contributed by atoms with Crippen LogP contribution in [0.3, 0.4) is 0 Å². The van der Waals surface area contributed by atoms with Gasteiger partial charge in [0.15, 0.2) is 0 Å². The van der Waals surface area contributed by atoms with Gasteiger partial charge in [0, 0.05) is 12.1 Å². The van der Waals surface area contributed by atoms with Gasteiger partial charge in [-0.25, -0.2) is 18.4 Å². The number of carboxylic acid groups (broad SMARTS) is 1. The summed E-state index contributed by atoms with van der Waals surface area (Å²) >= 11 is 0. The Morgan fingerprint density at radius 2 is 2.05 bits per heavy atom. The predicted octanol–water partition coefficient (Wildman–Crippen LogP) is 1.63. The average Bonchev–Trinajstić information content (AvgIpc) is 3.21. The molecule has 2 rings (SSSR count). The summed E-state index contributed by atoms with van der Waals surface area (Å²) < 4.78 is 26.2. The molecule has 20 heavy (non-hydrogen) atoms. The van der Waals surface area contributed by atoms with Gasteiger partial charge in [-0.3, -0.25) is 0 Å². The first-order chi connectivity index (χ1) is 9.47. The van der Waals surface area contributed by atoms with Crippen molar-refractivity contribution in [2.45, 2.75) is 25.4 Å². The molecule has 0 heterocycles. The normalized spacial score (nSPS) is 15.5. The molecule has 2 amide bonds. The van der Waals surface area contributed by atoms with Crippen molar-refractivity contribution in [2.75, 3.05) is 0 Å². The molecule has 1 aromatic carbocycles. The van der Waals surface area contributed by atoms with E-state index in [1.165, 1.54) is 0 Å². The zero-order valence-electron chi connectivity index (χ0n) is 10.5. The van der Waals surface area contributed by atoms with Gasteiger partial charge in [0.2, 0.25) is 0 Å². The lowest BCUT2D eigenvalue weighted by Crippen LogP contribution is -2.47. The molecule has 1 saturated carbocycles. The number of urea groups is 1. The number of hydrogen-bond acceptors (Lipinski definition) is 2. The smallest absolute Gasteiger partial charge is 0.326 e. The molecule has 1 fully saturated rings. The third-order valence-corrected chi connectivity index (χ3v) is 3.09. The number of benzene rings is 1. The zero-order valence-corrected chi connectivity index (χ0v) is 10.5. The molecule has 1 aliphatic carbocycles. The van der Waals surface area contributed by atoms with E-state index in [-0.39, 0.29) is 18.0 Å². The van der Waals surface area contributed by atoms with Crippen LogP contribution in [0.1, 0.15) is 18.4 Å². The summed E-state index contributed by atoms with van der Waals surface area (Å²) in [4.78, 5) is 22.5. The fourth-order valence-electron chi connectivity index (χ4n) is 1.86. The minimum absolute atomic E-state index is 0.00144. The molecule has 0 spiro atoms. The van der Waals surface area contributed by atoms with Crippen LogP contribution < -0.4 is 10.6 Å². The van der Waals surface area contributed by atoms with Gasteiger partial charge >= 0.3 is 12.0 Å². The van der Waals surface area contributed by atoms with E-state index in [4.69, 9.17) is 5.11 Å². The Morgan fingerprint density at radius 1 is 1.35 bits per heavy atom. The Kier molecular flexibility index (Phi) is 4.16. The van der Waals surface area contributed by atoms with Gasteiger partial charge in [0.25, 0.3) is 0 Å². The van der Waals surface area contributed by atoms with Crippen molar-refractivity contribution in [3.8, 4) is 0 Å². The summed E-state index contributed by atoms with van der Waals surface area (Å²) in [7, 11) is 0. The van der Waals surface area contributed by atoms with Crippen molar-refractivity contribution >= 4 is 12.0 Å². The molecule has 7 heteroatoms. The molecule has 1 aromatic rings. The lowest BCUT2D eigenvalue weighted by atomic mass is 10.2. The molecule has 0 aromatic heterocycles. The van der Waals surface area contributed by atoms with Crippen LogP contribution in [0.2, 0.25) is 0 Å². The van der Waals surface area contributed by atoms with Crippen molar-refractivity contribution in [3.63, 3.8) is 0 Å². The molecule has 0 radical (unpaired) electrons. The van der Waals surface area contributed by atoms with Gasteiger partial charge in [-0.1, -0.05) is 0 Å². The van der Waals surface area contributed by atoms with Gasteiger partial charge in [0.1, 0.15) is 17.7 Å². The second kappa shape index (κ2) is 5.85. The monoisotopic (exact) mass is 284 g/mol. The van der Waals surface area contributed by atoms with Crippen LogP contribution in [-0.2, 0) is 11.3 Å². The van der Waals surface area contributed by atoms with Gasteiger partial charge < -0.3 is 15.7 Å². The molecular formula is C13H14F2N2O3. The number of aliphatic carboxylic acids is 1. The fourth-order valence-corrected chi connectivity index (χ4v) is 1.86. The highest BCUT2D eigenvalue weighted by Crippen LogP contribution is 2.32. The van der Waals surface area contributed by atoms with E-state index >= 15 is 0 Å². The molecule has 1 aliphatic rings. The number of halogens is 2. The fraction of sp³-hybridized carbons (Fsp3) is 0.385. The predicted molar refractivity (Wildman–Crippen MR) is 65.9 cm³/mol. The number of carbonyl (C=O) groups excluding carboxylic acids is 1. The lowest BCUT2D eigenvalue weighted by Gasteiger charge is -2.14. The maximum atomic E-state index is 13.3. The Labute approximate surface area is 114 Å². The Balaban J connectivity index is 1.88. The lowest BCUT2D eigenvalue weighted by molar-refractivity contribution is -0.139. The highest BCUT2D eigenvalue weighted by molar-refractivity contribution is 5.83. The van der Waals surface area contributed by atoms with E-state index in [1.807, 2.05) is 0 Å². The zero-order chi connectivity index (χ0) is 14.7. The summed E-state index contributed by atoms with van der Waals surface area (Å²) in [6, 6.07) is 1.27. The van der Waals surface area contributed by atoms with Gasteiger partial charge in [-0.15, -0.1) is 0 Å². The molecule has 108 valence electrons. The van der Waals surface area contributed by atoms with Crippen LogP contribution in [0.4, 0.5) is 13.6 Å². The third-order valence-electron chi connectivity index (χ3n) is 3.09. The minimum Gasteiger partial charge on any atom is -0.480 e. The quantitative estimate of drug-likeness (QED) is 0.769. The van der Waals surface area contributed by atoms with Crippen LogP contribution in [0.25, 0.3) is 0 Å². The second-order valence-corrected chi connectivity index (χ2v) is 4.72. The maximum absolute atomic E-state index is 13.3. The highest BCUT2D eigenvalue weighted by atomic mass is 19.1. The molecule has 0 aliphatic heterocycles. The first kappa shape index (κ1) is 14.2. The molecular weight excluding hydrogens is 270 g/mol. The summed E-state index contributed by atoms with van der Waals surface area (Å²) in [6.07, 6.45) is 1.52. The Hall–Kier alpha value is -2.18. The van der Waals surface area contributed by atoms with Gasteiger partial charge in [0.05, 0.1) is 0 Å². The Bertz CT molecular complexity index is 532. The van der Waals surface area contributed by atoms with Crippen molar-refractivity contribution in [2.24, 2.45) is 5.92 Å². The van der Waals surface area contributed by atoms with Crippen molar-refractivity contribution in [3.05, 3.63) is 35.4 Å². The molecule has 1 unspecified atom stereocenters. The number of carbonyl (C=O) groups is 2. The Morgan fingerprint density at radius 3 is 2.65 bits per heavy atom. The van der Waals surface area contributed by atoms with E-state index in [2.05, 4.69) is 10.6 Å². The molecule has 0 bridgehead atoms. The summed E-state index contributed by atoms with van der Waals surface area (Å²) in [6.45, 7) is -0.216. The van der Waals surface area contributed by atoms with Gasteiger partial charge in [-0.05, 0) is 37.0 Å². The largest absolute Gasteiger partial charge is 0.480 e. The third kappa shape index (κ3) is 3.66. The summed E-state index contributed by atoms with van der Waals surface area (Å²) in [5.74, 6) is -2.39. The SMILES string of the molecule is O=C(NCc1cc(F)ccc1F)NC(C(=O)O)C1CC1. The van der Waals surface area contributed by atoms with Crippen molar-refractivity contribution in [1.82, 2.24) is 10.6 Å². The van der Waals surface area contributed by atoms with E-state index in [0.29, 0.717) is 0 Å². The molecule has 0 saturated heterocycles. The number of nitrogens with one attached hydrogen (secondary N) is 2. The first-order valence-electron chi connectivity index (χ1n) is 6.18. The standard InChI is InChI=1S/C13H14F2N2O3/c14-9-3-4-10(15)8(5-9)6-16-13(20)17-11(12(18)19)7-1-2-7/h3-5,7,11H,1-2,6H2,(H,18,19)(H2,16,17,20). The van der Waals surface area contributed by atoms with Crippen molar-refractivity contribution < 1.29 is 23.5 Å². The van der Waals surface area contributed by atoms with E-state index in [0.717, 1.165) is 31.0 Å². The van der Waals surface area contributed by atoms with Crippen LogP contribution in [0, 0.1) is 17.6 Å². The average molecular weight is 284 g/mol. The first-order valence-corrected chi connectivity index (χ1v) is 6.18. The molecule has 1 atom stereocenters. The minimum atomic E-state index is -1.10. The van der Waals surface area contributed by atoms with E-state index in [9.17, 15) is 18.4 Å². The summed E-state index contributed by atoms with van der Waals surface area (Å²) in [5.41, 5.74) is -0.00144.